The van der Waals surface area contributed by atoms with Crippen LogP contribution in [0.2, 0.25) is 0 Å². The monoisotopic (exact) mass is 284 g/mol. The van der Waals surface area contributed by atoms with Gasteiger partial charge < -0.3 is 21.3 Å². The lowest BCUT2D eigenvalue weighted by molar-refractivity contribution is -0.140. The number of nitrogens with one attached hydrogen (secondary N) is 1. The van der Waals surface area contributed by atoms with Crippen LogP contribution in [-0.2, 0) is 9.59 Å². The first-order valence-electron chi connectivity index (χ1n) is 5.62. The molecule has 1 aromatic carbocycles. The smallest absolute Gasteiger partial charge is 0.326 e. The molecule has 20 heavy (non-hydrogen) atoms. The molecule has 0 aliphatic heterocycles. The molecule has 0 aliphatic rings. The summed E-state index contributed by atoms with van der Waals surface area (Å²) < 4.78 is 13.2. The van der Waals surface area contributed by atoms with Crippen molar-refractivity contribution in [2.24, 2.45) is 0 Å². The van der Waals surface area contributed by atoms with Crippen LogP contribution in [0.4, 0.5) is 10.1 Å². The predicted molar refractivity (Wildman–Crippen MR) is 66.6 cm³/mol. The summed E-state index contributed by atoms with van der Waals surface area (Å²) in [5.41, 5.74) is 4.78. The van der Waals surface area contributed by atoms with Crippen LogP contribution >= 0.6 is 0 Å². The minimum absolute atomic E-state index is 0.202. The Morgan fingerprint density at radius 2 is 1.95 bits per heavy atom. The molecular formula is C12H13FN2O5. The van der Waals surface area contributed by atoms with Crippen molar-refractivity contribution >= 4 is 23.5 Å². The number of amides is 1. The summed E-state index contributed by atoms with van der Waals surface area (Å²) in [5, 5.41) is 19.5. The number of halogens is 1. The lowest BCUT2D eigenvalue weighted by Crippen LogP contribution is -2.41. The molecule has 1 atom stereocenters. The van der Waals surface area contributed by atoms with Gasteiger partial charge in [-0.15, -0.1) is 0 Å². The third-order valence-electron chi connectivity index (χ3n) is 2.55. The average molecular weight is 284 g/mol. The van der Waals surface area contributed by atoms with Gasteiger partial charge >= 0.3 is 11.9 Å². The van der Waals surface area contributed by atoms with E-state index in [2.05, 4.69) is 5.32 Å². The molecular weight excluding hydrogens is 271 g/mol. The third kappa shape index (κ3) is 3.94. The summed E-state index contributed by atoms with van der Waals surface area (Å²) in [6.07, 6.45) is -0.707. The molecule has 1 amide bonds. The van der Waals surface area contributed by atoms with E-state index in [1.807, 2.05) is 0 Å². The minimum atomic E-state index is -1.39. The van der Waals surface area contributed by atoms with Crippen molar-refractivity contribution < 1.29 is 29.0 Å². The van der Waals surface area contributed by atoms with Gasteiger partial charge in [-0.25, -0.2) is 9.18 Å². The van der Waals surface area contributed by atoms with E-state index in [1.54, 1.807) is 0 Å². The standard InChI is InChI=1S/C12H13FN2O5/c13-7-3-1-2-6(10(7)14)11(18)15-8(12(19)20)4-5-9(16)17/h1-3,8H,4-5,14H2,(H,15,18)(H,16,17)(H,19,20)/t8-/m0/s1. The SMILES string of the molecule is Nc1c(F)cccc1C(=O)N[C@@H](CCC(=O)O)C(=O)O. The van der Waals surface area contributed by atoms with E-state index in [0.29, 0.717) is 0 Å². The van der Waals surface area contributed by atoms with Crippen LogP contribution in [0.15, 0.2) is 18.2 Å². The molecule has 1 aromatic rings. The van der Waals surface area contributed by atoms with Crippen molar-refractivity contribution in [2.45, 2.75) is 18.9 Å². The second-order valence-corrected chi connectivity index (χ2v) is 4.00. The summed E-state index contributed by atoms with van der Waals surface area (Å²) in [6, 6.07) is 2.17. The molecule has 0 aromatic heterocycles. The molecule has 0 spiro atoms. The van der Waals surface area contributed by atoms with Crippen LogP contribution in [0.1, 0.15) is 23.2 Å². The van der Waals surface area contributed by atoms with E-state index in [1.165, 1.54) is 12.1 Å². The van der Waals surface area contributed by atoms with E-state index in [9.17, 15) is 18.8 Å². The number of rotatable bonds is 6. The van der Waals surface area contributed by atoms with Crippen LogP contribution in [0.3, 0.4) is 0 Å². The second-order valence-electron chi connectivity index (χ2n) is 4.00. The minimum Gasteiger partial charge on any atom is -0.481 e. The normalized spacial score (nSPS) is 11.7. The van der Waals surface area contributed by atoms with Crippen LogP contribution in [-0.4, -0.2) is 34.1 Å². The Bertz CT molecular complexity index is 547. The molecule has 0 unspecified atom stereocenters. The van der Waals surface area contributed by atoms with Crippen LogP contribution in [0, 0.1) is 5.82 Å². The Labute approximate surface area is 113 Å². The number of nitrogen functional groups attached to an aromatic ring is 1. The zero-order valence-corrected chi connectivity index (χ0v) is 10.3. The molecule has 1 rings (SSSR count). The highest BCUT2D eigenvalue weighted by Crippen LogP contribution is 2.16. The molecule has 8 heteroatoms. The fourth-order valence-corrected chi connectivity index (χ4v) is 1.50. The van der Waals surface area contributed by atoms with Gasteiger partial charge in [-0.3, -0.25) is 9.59 Å². The fraction of sp³-hybridized carbons (Fsp3) is 0.250. The van der Waals surface area contributed by atoms with Gasteiger partial charge in [0.15, 0.2) is 0 Å². The van der Waals surface area contributed by atoms with Gasteiger partial charge in [-0.05, 0) is 18.6 Å². The number of para-hydroxylation sites is 1. The Kier molecular flexibility index (Phi) is 5.01. The summed E-state index contributed by atoms with van der Waals surface area (Å²) in [4.78, 5) is 33.1. The number of aliphatic carboxylic acids is 2. The first-order chi connectivity index (χ1) is 9.32. The number of carboxylic acid groups (broad SMARTS) is 2. The Morgan fingerprint density at radius 1 is 1.30 bits per heavy atom. The average Bonchev–Trinajstić information content (AvgIpc) is 2.36. The van der Waals surface area contributed by atoms with Gasteiger partial charge in [0.2, 0.25) is 0 Å². The van der Waals surface area contributed by atoms with E-state index < -0.39 is 41.8 Å². The molecule has 0 saturated carbocycles. The third-order valence-corrected chi connectivity index (χ3v) is 2.55. The molecule has 5 N–H and O–H groups in total. The van der Waals surface area contributed by atoms with Gasteiger partial charge in [0.05, 0.1) is 11.3 Å². The number of anilines is 1. The zero-order valence-electron chi connectivity index (χ0n) is 10.3. The van der Waals surface area contributed by atoms with Crippen molar-refractivity contribution in [3.05, 3.63) is 29.6 Å². The topological polar surface area (TPSA) is 130 Å². The zero-order chi connectivity index (χ0) is 15.3. The van der Waals surface area contributed by atoms with Crippen molar-refractivity contribution in [1.82, 2.24) is 5.32 Å². The summed E-state index contributed by atoms with van der Waals surface area (Å²) >= 11 is 0. The maximum atomic E-state index is 13.2. The number of carbonyl (C=O) groups is 3. The highest BCUT2D eigenvalue weighted by Gasteiger charge is 2.23. The molecule has 108 valence electrons. The number of nitrogens with two attached hydrogens (primary N) is 1. The highest BCUT2D eigenvalue weighted by atomic mass is 19.1. The molecule has 0 bridgehead atoms. The Balaban J connectivity index is 2.83. The van der Waals surface area contributed by atoms with Gasteiger partial charge in [0, 0.05) is 6.42 Å². The molecule has 0 saturated heterocycles. The molecule has 0 fully saturated rings. The fourth-order valence-electron chi connectivity index (χ4n) is 1.50. The predicted octanol–water partition coefficient (Wildman–Crippen LogP) is 0.456. The number of hydrogen-bond donors (Lipinski definition) is 4. The Morgan fingerprint density at radius 3 is 2.50 bits per heavy atom. The van der Waals surface area contributed by atoms with E-state index in [-0.39, 0.29) is 12.0 Å². The largest absolute Gasteiger partial charge is 0.481 e. The highest BCUT2D eigenvalue weighted by molar-refractivity contribution is 6.00. The molecule has 0 aliphatic carbocycles. The molecule has 0 radical (unpaired) electrons. The first-order valence-corrected chi connectivity index (χ1v) is 5.62. The quantitative estimate of drug-likeness (QED) is 0.561. The number of hydrogen-bond acceptors (Lipinski definition) is 4. The summed E-state index contributed by atoms with van der Waals surface area (Å²) in [7, 11) is 0. The first kappa shape index (κ1) is 15.4. The lowest BCUT2D eigenvalue weighted by Gasteiger charge is -2.14. The summed E-state index contributed by atoms with van der Waals surface area (Å²) in [6.45, 7) is 0. The second kappa shape index (κ2) is 6.50. The van der Waals surface area contributed by atoms with Crippen LogP contribution in [0.5, 0.6) is 0 Å². The number of carboxylic acids is 2. The number of benzene rings is 1. The van der Waals surface area contributed by atoms with E-state index >= 15 is 0 Å². The van der Waals surface area contributed by atoms with Crippen LogP contribution < -0.4 is 11.1 Å². The maximum Gasteiger partial charge on any atom is 0.326 e. The van der Waals surface area contributed by atoms with Gasteiger partial charge in [-0.1, -0.05) is 6.07 Å². The van der Waals surface area contributed by atoms with Crippen molar-refractivity contribution in [3.63, 3.8) is 0 Å². The molecule has 0 heterocycles. The Hall–Kier alpha value is -2.64. The van der Waals surface area contributed by atoms with E-state index in [4.69, 9.17) is 15.9 Å². The van der Waals surface area contributed by atoms with Crippen molar-refractivity contribution in [2.75, 3.05) is 5.73 Å². The lowest BCUT2D eigenvalue weighted by atomic mass is 10.1. The van der Waals surface area contributed by atoms with E-state index in [0.717, 1.165) is 6.07 Å². The number of carbonyl (C=O) groups excluding carboxylic acids is 1. The maximum absolute atomic E-state index is 13.2. The van der Waals surface area contributed by atoms with Gasteiger partial charge in [0.1, 0.15) is 11.9 Å². The van der Waals surface area contributed by atoms with Crippen molar-refractivity contribution in [1.29, 1.82) is 0 Å². The van der Waals surface area contributed by atoms with Crippen molar-refractivity contribution in [3.8, 4) is 0 Å². The molecule has 7 nitrogen and oxygen atoms in total. The summed E-state index contributed by atoms with van der Waals surface area (Å²) in [5.74, 6) is -4.24. The van der Waals surface area contributed by atoms with Gasteiger partial charge in [-0.2, -0.15) is 0 Å². The van der Waals surface area contributed by atoms with Gasteiger partial charge in [0.25, 0.3) is 5.91 Å². The van der Waals surface area contributed by atoms with Crippen LogP contribution in [0.25, 0.3) is 0 Å².